The van der Waals surface area contributed by atoms with Gasteiger partial charge in [-0.25, -0.2) is 0 Å². The van der Waals surface area contributed by atoms with Crippen molar-refractivity contribution in [3.05, 3.63) is 0 Å². The first-order chi connectivity index (χ1) is 5.74. The lowest BCUT2D eigenvalue weighted by Gasteiger charge is -2.29. The molecule has 0 aromatic heterocycles. The molecule has 1 aliphatic carbocycles. The van der Waals surface area contributed by atoms with E-state index >= 15 is 0 Å². The van der Waals surface area contributed by atoms with Crippen LogP contribution in [0.3, 0.4) is 0 Å². The molecular formula is C9H18O3. The molecule has 0 heterocycles. The van der Waals surface area contributed by atoms with E-state index in [-0.39, 0.29) is 18.5 Å². The number of hydrogen-bond acceptors (Lipinski definition) is 3. The van der Waals surface area contributed by atoms with Gasteiger partial charge in [-0.3, -0.25) is 0 Å². The average molecular weight is 174 g/mol. The normalized spacial score (nSPS) is 33.2. The van der Waals surface area contributed by atoms with Crippen LogP contribution in [0.15, 0.2) is 0 Å². The lowest BCUT2D eigenvalue weighted by atomic mass is 9.95. The molecule has 0 aliphatic heterocycles. The molecule has 0 radical (unpaired) electrons. The molecule has 3 atom stereocenters. The summed E-state index contributed by atoms with van der Waals surface area (Å²) in [5.41, 5.74) is 0. The first kappa shape index (κ1) is 9.96. The molecule has 3 nitrogen and oxygen atoms in total. The number of hydrogen-bond donors (Lipinski definition) is 1. The number of aliphatic hydroxyl groups excluding tert-OH is 1. The van der Waals surface area contributed by atoms with Crippen LogP contribution < -0.4 is 0 Å². The highest BCUT2D eigenvalue weighted by atomic mass is 16.7. The second-order valence-electron chi connectivity index (χ2n) is 3.33. The van der Waals surface area contributed by atoms with Gasteiger partial charge in [-0.1, -0.05) is 12.8 Å². The molecule has 0 spiro atoms. The van der Waals surface area contributed by atoms with Gasteiger partial charge >= 0.3 is 0 Å². The molecule has 1 N–H and O–H groups in total. The summed E-state index contributed by atoms with van der Waals surface area (Å²) in [6.07, 6.45) is 3.56. The van der Waals surface area contributed by atoms with Crippen molar-refractivity contribution in [2.24, 2.45) is 0 Å². The second kappa shape index (κ2) is 4.80. The Morgan fingerprint density at radius 1 is 1.33 bits per heavy atom. The van der Waals surface area contributed by atoms with E-state index in [2.05, 4.69) is 0 Å². The maximum atomic E-state index is 9.53. The van der Waals surface area contributed by atoms with E-state index in [9.17, 15) is 5.11 Å². The molecule has 72 valence electrons. The molecule has 12 heavy (non-hydrogen) atoms. The zero-order valence-electron chi connectivity index (χ0n) is 7.82. The highest BCUT2D eigenvalue weighted by Gasteiger charge is 2.25. The number of rotatable bonds is 3. The van der Waals surface area contributed by atoms with Gasteiger partial charge in [0.05, 0.1) is 12.2 Å². The van der Waals surface area contributed by atoms with Crippen LogP contribution in [0.1, 0.15) is 32.6 Å². The van der Waals surface area contributed by atoms with E-state index in [1.54, 1.807) is 7.11 Å². The summed E-state index contributed by atoms with van der Waals surface area (Å²) in [5, 5.41) is 9.53. The quantitative estimate of drug-likeness (QED) is 0.655. The highest BCUT2D eigenvalue weighted by molar-refractivity contribution is 4.74. The molecule has 1 saturated carbocycles. The highest BCUT2D eigenvalue weighted by Crippen LogP contribution is 2.22. The molecule has 0 bridgehead atoms. The Bertz CT molecular complexity index is 127. The average Bonchev–Trinajstić information content (AvgIpc) is 2.09. The Morgan fingerprint density at radius 2 is 2.00 bits per heavy atom. The Kier molecular flexibility index (Phi) is 3.98. The number of ether oxygens (including phenoxy) is 2. The van der Waals surface area contributed by atoms with E-state index < -0.39 is 0 Å². The van der Waals surface area contributed by atoms with E-state index in [1.807, 2.05) is 6.92 Å². The molecule has 0 amide bonds. The van der Waals surface area contributed by atoms with Gasteiger partial charge in [0.2, 0.25) is 0 Å². The first-order valence-corrected chi connectivity index (χ1v) is 4.60. The monoisotopic (exact) mass is 174 g/mol. The molecule has 1 unspecified atom stereocenters. The van der Waals surface area contributed by atoms with Gasteiger partial charge in [0.15, 0.2) is 6.29 Å². The van der Waals surface area contributed by atoms with Crippen LogP contribution in [0.2, 0.25) is 0 Å². The maximum Gasteiger partial charge on any atom is 0.154 e. The molecule has 3 heteroatoms. The van der Waals surface area contributed by atoms with E-state index in [0.717, 1.165) is 25.7 Å². The molecule has 0 aromatic rings. The van der Waals surface area contributed by atoms with Crippen molar-refractivity contribution in [3.63, 3.8) is 0 Å². The second-order valence-corrected chi connectivity index (χ2v) is 3.33. The van der Waals surface area contributed by atoms with Gasteiger partial charge in [-0.15, -0.1) is 0 Å². The van der Waals surface area contributed by atoms with Crippen LogP contribution >= 0.6 is 0 Å². The van der Waals surface area contributed by atoms with Crippen LogP contribution in [0.25, 0.3) is 0 Å². The van der Waals surface area contributed by atoms with Crippen molar-refractivity contribution in [1.29, 1.82) is 0 Å². The summed E-state index contributed by atoms with van der Waals surface area (Å²) in [7, 11) is 1.61. The summed E-state index contributed by atoms with van der Waals surface area (Å²) in [6, 6.07) is 0. The smallest absolute Gasteiger partial charge is 0.154 e. The third-order valence-corrected chi connectivity index (χ3v) is 2.37. The standard InChI is InChI=1S/C9H18O3/c1-7(11-2)12-9-6-4-3-5-8(9)10/h7-10H,3-6H2,1-2H3/t7?,8-,9-/m0/s1. The Morgan fingerprint density at radius 3 is 2.58 bits per heavy atom. The van der Waals surface area contributed by atoms with Gasteiger partial charge in [0, 0.05) is 7.11 Å². The third kappa shape index (κ3) is 2.73. The van der Waals surface area contributed by atoms with E-state index in [4.69, 9.17) is 9.47 Å². The van der Waals surface area contributed by atoms with Gasteiger partial charge in [0.1, 0.15) is 0 Å². The molecular weight excluding hydrogens is 156 g/mol. The fraction of sp³-hybridized carbons (Fsp3) is 1.00. The van der Waals surface area contributed by atoms with Crippen LogP contribution in [0.4, 0.5) is 0 Å². The van der Waals surface area contributed by atoms with Crippen LogP contribution in [0, 0.1) is 0 Å². The Labute approximate surface area is 73.7 Å². The molecule has 0 saturated heterocycles. The zero-order chi connectivity index (χ0) is 8.97. The molecule has 0 aromatic carbocycles. The Hall–Kier alpha value is -0.120. The van der Waals surface area contributed by atoms with E-state index in [0.29, 0.717) is 0 Å². The van der Waals surface area contributed by atoms with Crippen LogP contribution in [-0.2, 0) is 9.47 Å². The summed E-state index contributed by atoms with van der Waals surface area (Å²) in [6.45, 7) is 1.85. The largest absolute Gasteiger partial charge is 0.390 e. The summed E-state index contributed by atoms with van der Waals surface area (Å²) in [4.78, 5) is 0. The zero-order valence-corrected chi connectivity index (χ0v) is 7.82. The van der Waals surface area contributed by atoms with E-state index in [1.165, 1.54) is 0 Å². The SMILES string of the molecule is COC(C)O[C@H]1CCCC[C@@H]1O. The topological polar surface area (TPSA) is 38.7 Å². The molecule has 1 rings (SSSR count). The van der Waals surface area contributed by atoms with Crippen molar-refractivity contribution >= 4 is 0 Å². The van der Waals surface area contributed by atoms with Gasteiger partial charge in [-0.05, 0) is 19.8 Å². The minimum absolute atomic E-state index is 0.0197. The van der Waals surface area contributed by atoms with Crippen LogP contribution in [0.5, 0.6) is 0 Å². The van der Waals surface area contributed by atoms with Crippen molar-refractivity contribution in [1.82, 2.24) is 0 Å². The predicted octanol–water partition coefficient (Wildman–Crippen LogP) is 1.30. The fourth-order valence-electron chi connectivity index (χ4n) is 1.54. The minimum Gasteiger partial charge on any atom is -0.390 e. The van der Waals surface area contributed by atoms with Crippen molar-refractivity contribution in [2.45, 2.75) is 51.1 Å². The van der Waals surface area contributed by atoms with Crippen molar-refractivity contribution in [3.8, 4) is 0 Å². The molecule has 1 aliphatic rings. The summed E-state index contributed by atoms with van der Waals surface area (Å²) < 4.78 is 10.4. The number of aliphatic hydroxyl groups is 1. The van der Waals surface area contributed by atoms with Gasteiger partial charge < -0.3 is 14.6 Å². The maximum absolute atomic E-state index is 9.53. The summed E-state index contributed by atoms with van der Waals surface area (Å²) in [5.74, 6) is 0. The first-order valence-electron chi connectivity index (χ1n) is 4.60. The van der Waals surface area contributed by atoms with Crippen molar-refractivity contribution in [2.75, 3.05) is 7.11 Å². The fourth-order valence-corrected chi connectivity index (χ4v) is 1.54. The molecule has 1 fully saturated rings. The minimum atomic E-state index is -0.295. The predicted molar refractivity (Wildman–Crippen MR) is 45.8 cm³/mol. The summed E-state index contributed by atoms with van der Waals surface area (Å²) >= 11 is 0. The van der Waals surface area contributed by atoms with Crippen molar-refractivity contribution < 1.29 is 14.6 Å². The third-order valence-electron chi connectivity index (χ3n) is 2.37. The van der Waals surface area contributed by atoms with Gasteiger partial charge in [0.25, 0.3) is 0 Å². The lowest BCUT2D eigenvalue weighted by molar-refractivity contribution is -0.178. The van der Waals surface area contributed by atoms with Gasteiger partial charge in [-0.2, -0.15) is 0 Å². The lowest BCUT2D eigenvalue weighted by Crippen LogP contribution is -2.35. The number of methoxy groups -OCH3 is 1. The Balaban J connectivity index is 2.28. The van der Waals surface area contributed by atoms with Crippen LogP contribution in [-0.4, -0.2) is 30.7 Å².